The van der Waals surface area contributed by atoms with Crippen molar-refractivity contribution in [3.63, 3.8) is 0 Å². The summed E-state index contributed by atoms with van der Waals surface area (Å²) in [6.07, 6.45) is 6.30. The van der Waals surface area contributed by atoms with E-state index in [-0.39, 0.29) is 6.10 Å². The molecule has 3 aliphatic rings. The first-order valence-corrected chi connectivity index (χ1v) is 8.83. The second-order valence-corrected chi connectivity index (χ2v) is 6.96. The Labute approximate surface area is 145 Å². The SMILES string of the molecule is Cc1nc2cc(-c3cnc(O[C@H]4CN5CCC4CC5)nc3)ccc2o1. The Morgan fingerprint density at radius 2 is 1.92 bits per heavy atom. The van der Waals surface area contributed by atoms with Crippen LogP contribution in [0.5, 0.6) is 6.01 Å². The van der Waals surface area contributed by atoms with Gasteiger partial charge in [-0.3, -0.25) is 4.90 Å². The molecule has 128 valence electrons. The molecule has 6 nitrogen and oxygen atoms in total. The zero-order valence-electron chi connectivity index (χ0n) is 14.2. The van der Waals surface area contributed by atoms with Crippen LogP contribution < -0.4 is 4.74 Å². The Kier molecular flexibility index (Phi) is 3.45. The Bertz CT molecular complexity index is 897. The molecule has 3 aliphatic heterocycles. The van der Waals surface area contributed by atoms with Gasteiger partial charge in [-0.15, -0.1) is 0 Å². The summed E-state index contributed by atoms with van der Waals surface area (Å²) in [4.78, 5) is 15.7. The van der Waals surface area contributed by atoms with Crippen LogP contribution in [0.4, 0.5) is 0 Å². The molecule has 2 bridgehead atoms. The zero-order chi connectivity index (χ0) is 16.8. The quantitative estimate of drug-likeness (QED) is 0.732. The molecule has 3 fully saturated rings. The highest BCUT2D eigenvalue weighted by atomic mass is 16.5. The van der Waals surface area contributed by atoms with E-state index in [1.807, 2.05) is 37.5 Å². The number of oxazole rings is 1. The van der Waals surface area contributed by atoms with Crippen LogP contribution in [-0.2, 0) is 0 Å². The zero-order valence-corrected chi connectivity index (χ0v) is 14.2. The van der Waals surface area contributed by atoms with Crippen LogP contribution in [0.2, 0.25) is 0 Å². The Morgan fingerprint density at radius 1 is 1.12 bits per heavy atom. The lowest BCUT2D eigenvalue weighted by Gasteiger charge is -2.43. The molecule has 0 spiro atoms. The summed E-state index contributed by atoms with van der Waals surface area (Å²) in [5, 5.41) is 0. The van der Waals surface area contributed by atoms with Crippen molar-refractivity contribution in [3.05, 3.63) is 36.5 Å². The number of benzene rings is 1. The number of fused-ring (bicyclic) bond motifs is 4. The van der Waals surface area contributed by atoms with Gasteiger partial charge in [0.15, 0.2) is 11.5 Å². The lowest BCUT2D eigenvalue weighted by Crippen LogP contribution is -2.52. The van der Waals surface area contributed by atoms with Crippen LogP contribution in [0.25, 0.3) is 22.2 Å². The summed E-state index contributed by atoms with van der Waals surface area (Å²) in [5.74, 6) is 1.32. The Morgan fingerprint density at radius 3 is 2.64 bits per heavy atom. The van der Waals surface area contributed by atoms with Crippen molar-refractivity contribution >= 4 is 11.1 Å². The predicted molar refractivity (Wildman–Crippen MR) is 93.4 cm³/mol. The number of ether oxygens (including phenoxy) is 1. The highest BCUT2D eigenvalue weighted by Gasteiger charge is 2.35. The molecule has 2 aromatic heterocycles. The van der Waals surface area contributed by atoms with Crippen LogP contribution in [-0.4, -0.2) is 45.6 Å². The van der Waals surface area contributed by atoms with E-state index in [1.165, 1.54) is 25.9 Å². The van der Waals surface area contributed by atoms with Crippen LogP contribution in [0, 0.1) is 12.8 Å². The number of hydrogen-bond acceptors (Lipinski definition) is 6. The third kappa shape index (κ3) is 2.76. The van der Waals surface area contributed by atoms with E-state index < -0.39 is 0 Å². The van der Waals surface area contributed by atoms with E-state index in [1.54, 1.807) is 0 Å². The summed E-state index contributed by atoms with van der Waals surface area (Å²) >= 11 is 0. The number of aryl methyl sites for hydroxylation is 1. The molecule has 3 saturated heterocycles. The van der Waals surface area contributed by atoms with Crippen molar-refractivity contribution < 1.29 is 9.15 Å². The molecule has 0 N–H and O–H groups in total. The monoisotopic (exact) mass is 336 g/mol. The van der Waals surface area contributed by atoms with Gasteiger partial charge in [-0.05, 0) is 49.5 Å². The molecular weight excluding hydrogens is 316 g/mol. The molecule has 0 radical (unpaired) electrons. The molecule has 5 heterocycles. The summed E-state index contributed by atoms with van der Waals surface area (Å²) in [7, 11) is 0. The fraction of sp³-hybridized carbons (Fsp3) is 0.421. The van der Waals surface area contributed by atoms with Crippen molar-refractivity contribution in [3.8, 4) is 17.1 Å². The molecule has 1 atom stereocenters. The molecule has 3 aromatic rings. The summed E-state index contributed by atoms with van der Waals surface area (Å²) in [5.41, 5.74) is 3.62. The van der Waals surface area contributed by atoms with Gasteiger partial charge >= 0.3 is 6.01 Å². The highest BCUT2D eigenvalue weighted by molar-refractivity contribution is 5.80. The van der Waals surface area contributed by atoms with Gasteiger partial charge in [-0.25, -0.2) is 15.0 Å². The van der Waals surface area contributed by atoms with Crippen LogP contribution >= 0.6 is 0 Å². The van der Waals surface area contributed by atoms with Crippen molar-refractivity contribution in [2.45, 2.75) is 25.9 Å². The minimum Gasteiger partial charge on any atom is -0.458 e. The number of rotatable bonds is 3. The molecule has 6 heteroatoms. The second-order valence-electron chi connectivity index (χ2n) is 6.96. The fourth-order valence-electron chi connectivity index (χ4n) is 3.93. The van der Waals surface area contributed by atoms with E-state index in [2.05, 4.69) is 19.9 Å². The van der Waals surface area contributed by atoms with Gasteiger partial charge in [0.2, 0.25) is 0 Å². The summed E-state index contributed by atoms with van der Waals surface area (Å²) < 4.78 is 11.6. The van der Waals surface area contributed by atoms with Crippen LogP contribution in [0.3, 0.4) is 0 Å². The number of hydrogen-bond donors (Lipinski definition) is 0. The second kappa shape index (κ2) is 5.81. The van der Waals surface area contributed by atoms with E-state index in [0.717, 1.165) is 28.8 Å². The first-order valence-electron chi connectivity index (χ1n) is 8.83. The largest absolute Gasteiger partial charge is 0.458 e. The maximum absolute atomic E-state index is 6.06. The fourth-order valence-corrected chi connectivity index (χ4v) is 3.93. The highest BCUT2D eigenvalue weighted by Crippen LogP contribution is 2.30. The molecular formula is C19H20N4O2. The topological polar surface area (TPSA) is 64.3 Å². The van der Waals surface area contributed by atoms with Crippen molar-refractivity contribution in [1.82, 2.24) is 19.9 Å². The van der Waals surface area contributed by atoms with Gasteiger partial charge < -0.3 is 9.15 Å². The van der Waals surface area contributed by atoms with Crippen molar-refractivity contribution in [1.29, 1.82) is 0 Å². The maximum Gasteiger partial charge on any atom is 0.316 e. The number of piperidine rings is 3. The number of nitrogens with zero attached hydrogens (tertiary/aromatic N) is 4. The van der Waals surface area contributed by atoms with Crippen molar-refractivity contribution in [2.24, 2.45) is 5.92 Å². The summed E-state index contributed by atoms with van der Waals surface area (Å²) in [6.45, 7) is 5.25. The lowest BCUT2D eigenvalue weighted by molar-refractivity contribution is -0.0123. The van der Waals surface area contributed by atoms with E-state index in [0.29, 0.717) is 17.8 Å². The van der Waals surface area contributed by atoms with Gasteiger partial charge in [-0.2, -0.15) is 0 Å². The Balaban J connectivity index is 1.35. The average molecular weight is 336 g/mol. The smallest absolute Gasteiger partial charge is 0.316 e. The average Bonchev–Trinajstić information content (AvgIpc) is 3.02. The normalized spacial score (nSPS) is 25.4. The molecule has 0 amide bonds. The Hall–Kier alpha value is -2.47. The third-order valence-corrected chi connectivity index (χ3v) is 5.31. The molecule has 25 heavy (non-hydrogen) atoms. The van der Waals surface area contributed by atoms with Gasteiger partial charge in [0, 0.05) is 31.4 Å². The number of aromatic nitrogens is 3. The predicted octanol–water partition coefficient (Wildman–Crippen LogP) is 3.07. The molecule has 0 unspecified atom stereocenters. The molecule has 1 aromatic carbocycles. The van der Waals surface area contributed by atoms with E-state index in [4.69, 9.17) is 9.15 Å². The molecule has 6 rings (SSSR count). The van der Waals surface area contributed by atoms with Gasteiger partial charge in [0.25, 0.3) is 0 Å². The maximum atomic E-state index is 6.06. The van der Waals surface area contributed by atoms with E-state index >= 15 is 0 Å². The van der Waals surface area contributed by atoms with Gasteiger partial charge in [0.1, 0.15) is 11.6 Å². The van der Waals surface area contributed by atoms with E-state index in [9.17, 15) is 0 Å². The molecule has 0 aliphatic carbocycles. The third-order valence-electron chi connectivity index (χ3n) is 5.31. The first kappa shape index (κ1) is 14.8. The molecule has 0 saturated carbocycles. The van der Waals surface area contributed by atoms with Gasteiger partial charge in [-0.1, -0.05) is 6.07 Å². The lowest BCUT2D eigenvalue weighted by atomic mass is 9.86. The first-order chi connectivity index (χ1) is 12.2. The minimum absolute atomic E-state index is 0.225. The summed E-state index contributed by atoms with van der Waals surface area (Å²) in [6, 6.07) is 6.40. The standard InChI is InChI=1S/C19H20N4O2/c1-12-22-16-8-14(2-3-17(16)24-12)15-9-20-19(21-10-15)25-18-11-23-6-4-13(18)5-7-23/h2-3,8-10,13,18H,4-7,11H2,1H3/t18-/m0/s1. The van der Waals surface area contributed by atoms with Crippen LogP contribution in [0.1, 0.15) is 18.7 Å². The minimum atomic E-state index is 0.225. The van der Waals surface area contributed by atoms with Gasteiger partial charge in [0.05, 0.1) is 0 Å². The van der Waals surface area contributed by atoms with Crippen molar-refractivity contribution in [2.75, 3.05) is 19.6 Å². The van der Waals surface area contributed by atoms with Crippen LogP contribution in [0.15, 0.2) is 35.0 Å².